The number of rotatable bonds is 7. The van der Waals surface area contributed by atoms with Crippen molar-refractivity contribution in [2.45, 2.75) is 19.8 Å². The molecule has 0 unspecified atom stereocenters. The molecule has 1 aromatic rings. The molecule has 3 N–H and O–H groups in total. The van der Waals surface area contributed by atoms with Crippen molar-refractivity contribution in [3.63, 3.8) is 0 Å². The van der Waals surface area contributed by atoms with Crippen molar-refractivity contribution in [3.05, 3.63) is 17.5 Å². The van der Waals surface area contributed by atoms with Gasteiger partial charge < -0.3 is 20.3 Å². The summed E-state index contributed by atoms with van der Waals surface area (Å²) in [7, 11) is 0. The fraction of sp³-hybridized carbons (Fsp3) is 0.455. The molecule has 8 nitrogen and oxygen atoms in total. The Bertz CT molecular complexity index is 482. The van der Waals surface area contributed by atoms with E-state index in [1.165, 1.54) is 4.90 Å². The van der Waals surface area contributed by atoms with Crippen LogP contribution in [0.25, 0.3) is 0 Å². The second kappa shape index (κ2) is 6.53. The van der Waals surface area contributed by atoms with Gasteiger partial charge in [0.1, 0.15) is 0 Å². The van der Waals surface area contributed by atoms with E-state index in [0.29, 0.717) is 13.0 Å². The number of carbonyl (C=O) groups excluding carboxylic acids is 2. The van der Waals surface area contributed by atoms with E-state index in [-0.39, 0.29) is 12.2 Å². The minimum absolute atomic E-state index is 0.158. The highest BCUT2D eigenvalue weighted by atomic mass is 16.5. The van der Waals surface area contributed by atoms with Gasteiger partial charge in [-0.3, -0.25) is 9.59 Å². The molecule has 2 amide bonds. The number of aromatic carboxylic acids is 1. The molecule has 0 saturated carbocycles. The van der Waals surface area contributed by atoms with Crippen LogP contribution < -0.4 is 5.73 Å². The summed E-state index contributed by atoms with van der Waals surface area (Å²) in [6.07, 6.45) is 1.53. The van der Waals surface area contributed by atoms with Gasteiger partial charge in [-0.1, -0.05) is 18.5 Å². The second-order valence-corrected chi connectivity index (χ2v) is 3.93. The lowest BCUT2D eigenvalue weighted by Crippen LogP contribution is -2.39. The third-order valence-electron chi connectivity index (χ3n) is 2.36. The van der Waals surface area contributed by atoms with Gasteiger partial charge in [-0.15, -0.1) is 0 Å². The smallest absolute Gasteiger partial charge is 0.374 e. The maximum Gasteiger partial charge on any atom is 0.374 e. The minimum atomic E-state index is -1.32. The lowest BCUT2D eigenvalue weighted by Gasteiger charge is -2.19. The summed E-state index contributed by atoms with van der Waals surface area (Å²) in [4.78, 5) is 34.8. The van der Waals surface area contributed by atoms with Gasteiger partial charge in [0.25, 0.3) is 5.91 Å². The summed E-state index contributed by atoms with van der Waals surface area (Å²) in [5.41, 5.74) is 4.91. The standard InChI is InChI=1S/C11H15N3O5/c1-2-3-4-14(6-9(12)15)10(16)7-5-8(11(17)18)19-13-7/h5H,2-4,6H2,1H3,(H2,12,15)(H,17,18). The van der Waals surface area contributed by atoms with Crippen molar-refractivity contribution in [1.29, 1.82) is 0 Å². The molecular weight excluding hydrogens is 254 g/mol. The topological polar surface area (TPSA) is 127 Å². The lowest BCUT2D eigenvalue weighted by molar-refractivity contribution is -0.118. The first-order valence-corrected chi connectivity index (χ1v) is 5.73. The average Bonchev–Trinajstić information content (AvgIpc) is 2.82. The van der Waals surface area contributed by atoms with E-state index in [1.807, 2.05) is 6.92 Å². The van der Waals surface area contributed by atoms with Crippen LogP contribution in [0.4, 0.5) is 0 Å². The number of carbonyl (C=O) groups is 3. The number of primary amides is 1. The van der Waals surface area contributed by atoms with Crippen LogP contribution >= 0.6 is 0 Å². The van der Waals surface area contributed by atoms with Crippen molar-refractivity contribution < 1.29 is 24.0 Å². The highest BCUT2D eigenvalue weighted by Gasteiger charge is 2.22. The van der Waals surface area contributed by atoms with Crippen molar-refractivity contribution in [2.75, 3.05) is 13.1 Å². The summed E-state index contributed by atoms with van der Waals surface area (Å²) in [5.74, 6) is -2.98. The monoisotopic (exact) mass is 269 g/mol. The van der Waals surface area contributed by atoms with E-state index in [9.17, 15) is 14.4 Å². The zero-order valence-corrected chi connectivity index (χ0v) is 10.5. The first kappa shape index (κ1) is 14.7. The Morgan fingerprint density at radius 2 is 2.16 bits per heavy atom. The SMILES string of the molecule is CCCCN(CC(N)=O)C(=O)c1cc(C(=O)O)on1. The molecular formula is C11H15N3O5. The maximum atomic E-state index is 12.0. The Labute approximate surface area is 109 Å². The molecule has 1 aromatic heterocycles. The molecule has 0 atom stereocenters. The Morgan fingerprint density at radius 1 is 1.47 bits per heavy atom. The van der Waals surface area contributed by atoms with Crippen LogP contribution in [0.1, 0.15) is 40.8 Å². The molecule has 1 heterocycles. The summed E-state index contributed by atoms with van der Waals surface area (Å²) < 4.78 is 4.49. The van der Waals surface area contributed by atoms with Gasteiger partial charge in [0, 0.05) is 12.6 Å². The number of hydrogen-bond donors (Lipinski definition) is 2. The third kappa shape index (κ3) is 4.09. The number of amides is 2. The molecule has 0 bridgehead atoms. The Balaban J connectivity index is 2.84. The lowest BCUT2D eigenvalue weighted by atomic mass is 10.2. The zero-order valence-electron chi connectivity index (χ0n) is 10.5. The maximum absolute atomic E-state index is 12.0. The normalized spacial score (nSPS) is 10.2. The number of nitrogens with zero attached hydrogens (tertiary/aromatic N) is 2. The van der Waals surface area contributed by atoms with Crippen molar-refractivity contribution in [1.82, 2.24) is 10.1 Å². The van der Waals surface area contributed by atoms with Crippen LogP contribution in [0, 0.1) is 0 Å². The average molecular weight is 269 g/mol. The van der Waals surface area contributed by atoms with Gasteiger partial charge in [-0.2, -0.15) is 0 Å². The van der Waals surface area contributed by atoms with Crippen molar-refractivity contribution in [2.24, 2.45) is 5.73 Å². The van der Waals surface area contributed by atoms with Crippen molar-refractivity contribution >= 4 is 17.8 Å². The molecule has 0 aliphatic carbocycles. The predicted octanol–water partition coefficient (Wildman–Crippen LogP) is 0.100. The Hall–Kier alpha value is -2.38. The second-order valence-electron chi connectivity index (χ2n) is 3.93. The molecule has 104 valence electrons. The fourth-order valence-corrected chi connectivity index (χ4v) is 1.43. The molecule has 0 saturated heterocycles. The van der Waals surface area contributed by atoms with Gasteiger partial charge in [-0.25, -0.2) is 4.79 Å². The van der Waals surface area contributed by atoms with E-state index < -0.39 is 23.5 Å². The van der Waals surface area contributed by atoms with Gasteiger partial charge in [-0.05, 0) is 6.42 Å². The number of carboxylic acids is 1. The molecule has 0 spiro atoms. The summed E-state index contributed by atoms with van der Waals surface area (Å²) >= 11 is 0. The number of aromatic nitrogens is 1. The van der Waals surface area contributed by atoms with E-state index in [2.05, 4.69) is 9.68 Å². The first-order valence-electron chi connectivity index (χ1n) is 5.73. The van der Waals surface area contributed by atoms with Crippen LogP contribution in [0.15, 0.2) is 10.6 Å². The minimum Gasteiger partial charge on any atom is -0.475 e. The Kier molecular flexibility index (Phi) is 5.04. The molecule has 0 radical (unpaired) electrons. The zero-order chi connectivity index (χ0) is 14.4. The summed E-state index contributed by atoms with van der Waals surface area (Å²) in [6.45, 7) is 2.03. The van der Waals surface area contributed by atoms with E-state index in [4.69, 9.17) is 10.8 Å². The van der Waals surface area contributed by atoms with Crippen LogP contribution in [0.3, 0.4) is 0 Å². The molecule has 0 fully saturated rings. The van der Waals surface area contributed by atoms with Crippen molar-refractivity contribution in [3.8, 4) is 0 Å². The van der Waals surface area contributed by atoms with Crippen LogP contribution in [0.5, 0.6) is 0 Å². The molecule has 8 heteroatoms. The number of hydrogen-bond acceptors (Lipinski definition) is 5. The molecule has 19 heavy (non-hydrogen) atoms. The number of unbranched alkanes of at least 4 members (excludes halogenated alkanes) is 1. The van der Waals surface area contributed by atoms with Gasteiger partial charge in [0.15, 0.2) is 5.69 Å². The van der Waals surface area contributed by atoms with E-state index in [0.717, 1.165) is 12.5 Å². The fourth-order valence-electron chi connectivity index (χ4n) is 1.43. The number of carboxylic acid groups (broad SMARTS) is 1. The van der Waals surface area contributed by atoms with Gasteiger partial charge in [0.05, 0.1) is 6.54 Å². The van der Waals surface area contributed by atoms with Crippen LogP contribution in [-0.4, -0.2) is 46.0 Å². The highest BCUT2D eigenvalue weighted by molar-refractivity contribution is 5.96. The molecule has 0 aromatic carbocycles. The predicted molar refractivity (Wildman–Crippen MR) is 63.5 cm³/mol. The van der Waals surface area contributed by atoms with Gasteiger partial charge >= 0.3 is 5.97 Å². The number of nitrogens with two attached hydrogens (primary N) is 1. The molecule has 0 aliphatic rings. The molecule has 1 rings (SSSR count). The quantitative estimate of drug-likeness (QED) is 0.722. The first-order chi connectivity index (χ1) is 8.95. The van der Waals surface area contributed by atoms with E-state index in [1.54, 1.807) is 0 Å². The largest absolute Gasteiger partial charge is 0.475 e. The third-order valence-corrected chi connectivity index (χ3v) is 2.36. The van der Waals surface area contributed by atoms with Crippen LogP contribution in [0.2, 0.25) is 0 Å². The summed E-state index contributed by atoms with van der Waals surface area (Å²) in [6, 6.07) is 1.02. The Morgan fingerprint density at radius 3 is 2.63 bits per heavy atom. The van der Waals surface area contributed by atoms with Crippen LogP contribution in [-0.2, 0) is 4.79 Å². The summed E-state index contributed by atoms with van der Waals surface area (Å²) in [5, 5.41) is 12.0. The molecule has 0 aliphatic heterocycles. The van der Waals surface area contributed by atoms with E-state index >= 15 is 0 Å². The highest BCUT2D eigenvalue weighted by Crippen LogP contribution is 2.08. The van der Waals surface area contributed by atoms with Gasteiger partial charge in [0.2, 0.25) is 11.7 Å².